The Kier molecular flexibility index (Phi) is 7.13. The van der Waals surface area contributed by atoms with E-state index in [9.17, 15) is 19.2 Å². The Hall–Kier alpha value is -4.62. The minimum atomic E-state index is -0.944. The maximum atomic E-state index is 13.7. The maximum absolute atomic E-state index is 13.7. The Bertz CT molecular complexity index is 1820. The zero-order chi connectivity index (χ0) is 30.5. The molecule has 2 amide bonds. The standard InChI is InChI=1S/C36H29ClN2O5/c1-2-6-30(33(40)21-7-4-3-5-8-21)44-36(43)27-19-29(38-28-16-13-24(37)18-26(27)28)20-11-14-25(15-12-20)39-34(41)31-22-9-10-23(17-22)32(31)35(39)42/h3-5,7-16,18-19,22-23,30-32H,2,6,17H2,1H3. The quantitative estimate of drug-likeness (QED) is 0.0924. The number of Topliss-reactive ketones (excluding diaryl/α,β-unsaturated/α-hetero) is 1. The van der Waals surface area contributed by atoms with E-state index in [1.807, 2.05) is 13.0 Å². The van der Waals surface area contributed by atoms with Crippen LogP contribution in [0.2, 0.25) is 5.02 Å². The highest BCUT2D eigenvalue weighted by atomic mass is 35.5. The van der Waals surface area contributed by atoms with Crippen LogP contribution in [-0.4, -0.2) is 34.7 Å². The largest absolute Gasteiger partial charge is 0.450 e. The lowest BCUT2D eigenvalue weighted by Crippen LogP contribution is -2.32. The van der Waals surface area contributed by atoms with Crippen molar-refractivity contribution in [2.75, 3.05) is 4.90 Å². The van der Waals surface area contributed by atoms with Crippen LogP contribution in [0.5, 0.6) is 0 Å². The number of carbonyl (C=O) groups excluding carboxylic acids is 4. The fraction of sp³-hybridized carbons (Fsp3) is 0.250. The van der Waals surface area contributed by atoms with Gasteiger partial charge in [-0.05, 0) is 61.1 Å². The Balaban J connectivity index is 1.20. The lowest BCUT2D eigenvalue weighted by Gasteiger charge is -2.18. The fourth-order valence-corrected chi connectivity index (χ4v) is 7.11. The number of hydrogen-bond acceptors (Lipinski definition) is 6. The topological polar surface area (TPSA) is 93.6 Å². The number of ether oxygens (including phenoxy) is 1. The molecular formula is C36H29ClN2O5. The molecule has 0 radical (unpaired) electrons. The van der Waals surface area contributed by atoms with Crippen LogP contribution in [0.15, 0.2) is 91.0 Å². The molecule has 7 rings (SSSR count). The third-order valence-electron chi connectivity index (χ3n) is 9.03. The molecule has 220 valence electrons. The summed E-state index contributed by atoms with van der Waals surface area (Å²) in [6.07, 6.45) is 5.12. The summed E-state index contributed by atoms with van der Waals surface area (Å²) in [5.74, 6) is -1.45. The number of nitrogens with zero attached hydrogens (tertiary/aromatic N) is 2. The van der Waals surface area contributed by atoms with E-state index in [1.165, 1.54) is 4.90 Å². The van der Waals surface area contributed by atoms with Gasteiger partial charge < -0.3 is 4.74 Å². The molecule has 0 spiro atoms. The first-order valence-corrected chi connectivity index (χ1v) is 15.3. The van der Waals surface area contributed by atoms with Crippen molar-refractivity contribution >= 4 is 51.8 Å². The van der Waals surface area contributed by atoms with Gasteiger partial charge in [0.25, 0.3) is 0 Å². The highest BCUT2D eigenvalue weighted by molar-refractivity contribution is 6.31. The summed E-state index contributed by atoms with van der Waals surface area (Å²) >= 11 is 6.30. The van der Waals surface area contributed by atoms with Gasteiger partial charge >= 0.3 is 5.97 Å². The average Bonchev–Trinajstić information content (AvgIpc) is 3.74. The second-order valence-electron chi connectivity index (χ2n) is 11.7. The van der Waals surface area contributed by atoms with Gasteiger partial charge in [0, 0.05) is 21.5 Å². The van der Waals surface area contributed by atoms with Crippen molar-refractivity contribution in [3.63, 3.8) is 0 Å². The molecule has 1 aromatic heterocycles. The van der Waals surface area contributed by atoms with Crippen LogP contribution in [0.1, 0.15) is 46.9 Å². The average molecular weight is 605 g/mol. The first-order chi connectivity index (χ1) is 21.3. The molecule has 1 saturated heterocycles. The number of anilines is 1. The van der Waals surface area contributed by atoms with Gasteiger partial charge in [-0.2, -0.15) is 0 Å². The predicted octanol–water partition coefficient (Wildman–Crippen LogP) is 7.08. The van der Waals surface area contributed by atoms with E-state index in [1.54, 1.807) is 72.8 Å². The normalized spacial score (nSPS) is 22.5. The van der Waals surface area contributed by atoms with Gasteiger partial charge in [0.2, 0.25) is 17.6 Å². The van der Waals surface area contributed by atoms with Crippen LogP contribution in [0, 0.1) is 23.7 Å². The monoisotopic (exact) mass is 604 g/mol. The summed E-state index contributed by atoms with van der Waals surface area (Å²) in [5, 5.41) is 0.942. The number of hydrogen-bond donors (Lipinski definition) is 0. The smallest absolute Gasteiger partial charge is 0.339 e. The molecule has 4 aromatic rings. The number of halogens is 1. The fourth-order valence-electron chi connectivity index (χ4n) is 6.94. The van der Waals surface area contributed by atoms with E-state index >= 15 is 0 Å². The van der Waals surface area contributed by atoms with Gasteiger partial charge in [0.05, 0.1) is 34.3 Å². The highest BCUT2D eigenvalue weighted by Gasteiger charge is 2.59. The molecule has 0 N–H and O–H groups in total. The summed E-state index contributed by atoms with van der Waals surface area (Å²) in [5.41, 5.74) is 2.95. The van der Waals surface area contributed by atoms with Crippen molar-refractivity contribution in [1.82, 2.24) is 4.98 Å². The SMILES string of the molecule is CCCC(OC(=O)c1cc(-c2ccc(N3C(=O)C4C5C=CC(C5)C4C3=O)cc2)nc2ccc(Cl)cc12)C(=O)c1ccccc1. The van der Waals surface area contributed by atoms with E-state index in [4.69, 9.17) is 21.3 Å². The molecule has 7 nitrogen and oxygen atoms in total. The molecule has 44 heavy (non-hydrogen) atoms. The zero-order valence-electron chi connectivity index (χ0n) is 24.0. The summed E-state index contributed by atoms with van der Waals surface area (Å²) in [6.45, 7) is 1.93. The van der Waals surface area contributed by atoms with Crippen LogP contribution < -0.4 is 4.90 Å². The van der Waals surface area contributed by atoms with Crippen LogP contribution >= 0.6 is 11.6 Å². The number of imide groups is 1. The van der Waals surface area contributed by atoms with E-state index in [-0.39, 0.29) is 46.8 Å². The number of pyridine rings is 1. The second kappa shape index (κ2) is 11.1. The van der Waals surface area contributed by atoms with Crippen LogP contribution in [0.25, 0.3) is 22.2 Å². The molecule has 1 aliphatic heterocycles. The zero-order valence-corrected chi connectivity index (χ0v) is 24.7. The number of fused-ring (bicyclic) bond motifs is 6. The summed E-state index contributed by atoms with van der Waals surface area (Å²) in [6, 6.07) is 22.6. The van der Waals surface area contributed by atoms with Crippen molar-refractivity contribution in [2.45, 2.75) is 32.3 Å². The molecule has 8 heteroatoms. The minimum absolute atomic E-state index is 0.137. The first-order valence-electron chi connectivity index (χ1n) is 14.9. The number of aromatic nitrogens is 1. The van der Waals surface area contributed by atoms with Crippen LogP contribution in [-0.2, 0) is 14.3 Å². The Morgan fingerprint density at radius 1 is 0.932 bits per heavy atom. The van der Waals surface area contributed by atoms with Gasteiger partial charge in [-0.25, -0.2) is 9.78 Å². The molecule has 1 saturated carbocycles. The Morgan fingerprint density at radius 2 is 1.61 bits per heavy atom. The number of amides is 2. The number of esters is 1. The van der Waals surface area contributed by atoms with Crippen molar-refractivity contribution in [3.8, 4) is 11.3 Å². The van der Waals surface area contributed by atoms with E-state index in [0.717, 1.165) is 6.42 Å². The summed E-state index contributed by atoms with van der Waals surface area (Å²) in [7, 11) is 0. The third kappa shape index (κ3) is 4.72. The summed E-state index contributed by atoms with van der Waals surface area (Å²) in [4.78, 5) is 59.6. The van der Waals surface area contributed by atoms with Crippen molar-refractivity contribution in [3.05, 3.63) is 107 Å². The van der Waals surface area contributed by atoms with Gasteiger partial charge in [0.15, 0.2) is 6.10 Å². The lowest BCUT2D eigenvalue weighted by atomic mass is 9.85. The molecular weight excluding hydrogens is 576 g/mol. The second-order valence-corrected chi connectivity index (χ2v) is 12.1. The molecule has 3 aromatic carbocycles. The molecule has 5 atom stereocenters. The Morgan fingerprint density at radius 3 is 2.27 bits per heavy atom. The van der Waals surface area contributed by atoms with Gasteiger partial charge in [-0.15, -0.1) is 0 Å². The first kappa shape index (κ1) is 28.2. The molecule has 2 bridgehead atoms. The molecule has 2 aliphatic carbocycles. The Labute approximate surface area is 259 Å². The third-order valence-corrected chi connectivity index (χ3v) is 9.27. The molecule has 2 fully saturated rings. The predicted molar refractivity (Wildman–Crippen MR) is 167 cm³/mol. The molecule has 3 aliphatic rings. The van der Waals surface area contributed by atoms with Gasteiger partial charge in [-0.3, -0.25) is 19.3 Å². The highest BCUT2D eigenvalue weighted by Crippen LogP contribution is 2.53. The van der Waals surface area contributed by atoms with Crippen molar-refractivity contribution in [1.29, 1.82) is 0 Å². The number of carbonyl (C=O) groups is 4. The van der Waals surface area contributed by atoms with Gasteiger partial charge in [0.1, 0.15) is 0 Å². The minimum Gasteiger partial charge on any atom is -0.450 e. The van der Waals surface area contributed by atoms with Crippen LogP contribution in [0.3, 0.4) is 0 Å². The van der Waals surface area contributed by atoms with Crippen molar-refractivity contribution in [2.24, 2.45) is 23.7 Å². The maximum Gasteiger partial charge on any atom is 0.339 e. The van der Waals surface area contributed by atoms with Crippen molar-refractivity contribution < 1.29 is 23.9 Å². The number of benzene rings is 3. The van der Waals surface area contributed by atoms with E-state index in [2.05, 4.69) is 12.2 Å². The van der Waals surface area contributed by atoms with Gasteiger partial charge in [-0.1, -0.05) is 79.6 Å². The number of ketones is 1. The van der Waals surface area contributed by atoms with E-state index < -0.39 is 12.1 Å². The van der Waals surface area contributed by atoms with Crippen LogP contribution in [0.4, 0.5) is 5.69 Å². The number of allylic oxidation sites excluding steroid dienone is 2. The lowest BCUT2D eigenvalue weighted by molar-refractivity contribution is -0.123. The van der Waals surface area contributed by atoms with E-state index in [0.29, 0.717) is 51.3 Å². The number of rotatable bonds is 8. The molecule has 5 unspecified atom stereocenters. The summed E-state index contributed by atoms with van der Waals surface area (Å²) < 4.78 is 5.85. The molecule has 2 heterocycles.